The molecule has 1 N–H and O–H groups in total. The molecule has 0 bridgehead atoms. The molecule has 0 atom stereocenters. The number of hydrogen-bond donors (Lipinski definition) is 1. The van der Waals surface area contributed by atoms with Crippen molar-refractivity contribution in [2.75, 3.05) is 23.3 Å². The van der Waals surface area contributed by atoms with Gasteiger partial charge in [-0.2, -0.15) is 5.26 Å². The molecule has 0 spiro atoms. The van der Waals surface area contributed by atoms with E-state index in [1.165, 1.54) is 0 Å². The maximum atomic E-state index is 8.79. The van der Waals surface area contributed by atoms with Crippen LogP contribution >= 0.6 is 0 Å². The summed E-state index contributed by atoms with van der Waals surface area (Å²) in [6, 6.07) is 6.22. The molecule has 2 aromatic rings. The van der Waals surface area contributed by atoms with Gasteiger partial charge >= 0.3 is 0 Å². The smallest absolute Gasteiger partial charge is 0.144 e. The van der Waals surface area contributed by atoms with Gasteiger partial charge in [0, 0.05) is 37.7 Å². The Bertz CT molecular complexity index is 611. The molecule has 0 aromatic carbocycles. The van der Waals surface area contributed by atoms with E-state index in [-0.39, 0.29) is 0 Å². The van der Waals surface area contributed by atoms with Gasteiger partial charge in [-0.15, -0.1) is 0 Å². The summed E-state index contributed by atoms with van der Waals surface area (Å²) < 4.78 is 0. The van der Waals surface area contributed by atoms with Gasteiger partial charge in [0.05, 0.1) is 11.8 Å². The van der Waals surface area contributed by atoms with Gasteiger partial charge in [0.1, 0.15) is 17.7 Å². The first-order chi connectivity index (χ1) is 10.3. The average Bonchev–Trinajstić information content (AvgIpc) is 2.57. The average molecular weight is 280 g/mol. The van der Waals surface area contributed by atoms with Crippen molar-refractivity contribution >= 4 is 11.6 Å². The summed E-state index contributed by atoms with van der Waals surface area (Å²) >= 11 is 0. The lowest BCUT2D eigenvalue weighted by molar-refractivity contribution is 0.522. The quantitative estimate of drug-likeness (QED) is 0.924. The molecule has 0 amide bonds. The SMILES string of the molecule is N#Cc1ccc(N2CCC(Nc3cnccn3)CC2)nc1. The summed E-state index contributed by atoms with van der Waals surface area (Å²) in [6.07, 6.45) is 8.78. The topological polar surface area (TPSA) is 77.7 Å². The second kappa shape index (κ2) is 6.18. The molecular formula is C15H16N6. The maximum absolute atomic E-state index is 8.79. The molecule has 1 aliphatic heterocycles. The van der Waals surface area contributed by atoms with Crippen molar-refractivity contribution < 1.29 is 0 Å². The molecule has 6 heteroatoms. The van der Waals surface area contributed by atoms with Crippen LogP contribution in [0.3, 0.4) is 0 Å². The Balaban J connectivity index is 1.56. The zero-order chi connectivity index (χ0) is 14.5. The van der Waals surface area contributed by atoms with E-state index in [2.05, 4.69) is 31.2 Å². The fourth-order valence-corrected chi connectivity index (χ4v) is 2.47. The van der Waals surface area contributed by atoms with Crippen LogP contribution in [0.15, 0.2) is 36.9 Å². The van der Waals surface area contributed by atoms with Gasteiger partial charge in [0.15, 0.2) is 0 Å². The molecule has 2 aromatic heterocycles. The van der Waals surface area contributed by atoms with Crippen LogP contribution in [0.25, 0.3) is 0 Å². The highest BCUT2D eigenvalue weighted by atomic mass is 15.2. The van der Waals surface area contributed by atoms with Crippen LogP contribution in [0.5, 0.6) is 0 Å². The molecule has 3 heterocycles. The Morgan fingerprint density at radius 2 is 2.00 bits per heavy atom. The van der Waals surface area contributed by atoms with E-state index in [4.69, 9.17) is 5.26 Å². The monoisotopic (exact) mass is 280 g/mol. The second-order valence-electron chi connectivity index (χ2n) is 5.01. The molecule has 1 saturated heterocycles. The summed E-state index contributed by atoms with van der Waals surface area (Å²) in [5.74, 6) is 1.76. The predicted octanol–water partition coefficient (Wildman–Crippen LogP) is 1.82. The van der Waals surface area contributed by atoms with Crippen molar-refractivity contribution in [3.8, 4) is 6.07 Å². The van der Waals surface area contributed by atoms with E-state index in [0.29, 0.717) is 11.6 Å². The minimum atomic E-state index is 0.413. The molecule has 1 aliphatic rings. The highest BCUT2D eigenvalue weighted by molar-refractivity contribution is 5.42. The van der Waals surface area contributed by atoms with Crippen LogP contribution < -0.4 is 10.2 Å². The van der Waals surface area contributed by atoms with E-state index >= 15 is 0 Å². The summed E-state index contributed by atoms with van der Waals surface area (Å²) in [5.41, 5.74) is 0.595. The minimum absolute atomic E-state index is 0.413. The lowest BCUT2D eigenvalue weighted by atomic mass is 10.1. The fourth-order valence-electron chi connectivity index (χ4n) is 2.47. The lowest BCUT2D eigenvalue weighted by Crippen LogP contribution is -2.39. The van der Waals surface area contributed by atoms with E-state index in [1.54, 1.807) is 24.8 Å². The molecule has 21 heavy (non-hydrogen) atoms. The van der Waals surface area contributed by atoms with Gasteiger partial charge in [-0.3, -0.25) is 4.98 Å². The first-order valence-electron chi connectivity index (χ1n) is 6.99. The van der Waals surface area contributed by atoms with Crippen LogP contribution in [0.2, 0.25) is 0 Å². The zero-order valence-electron chi connectivity index (χ0n) is 11.6. The molecule has 6 nitrogen and oxygen atoms in total. The summed E-state index contributed by atoms with van der Waals surface area (Å²) in [5, 5.41) is 12.2. The number of nitriles is 1. The van der Waals surface area contributed by atoms with Gasteiger partial charge in [0.25, 0.3) is 0 Å². The molecule has 0 saturated carbocycles. The predicted molar refractivity (Wildman–Crippen MR) is 79.8 cm³/mol. The van der Waals surface area contributed by atoms with Crippen LogP contribution in [-0.2, 0) is 0 Å². The Kier molecular flexibility index (Phi) is 3.92. The van der Waals surface area contributed by atoms with Crippen molar-refractivity contribution in [3.63, 3.8) is 0 Å². The molecule has 0 aliphatic carbocycles. The second-order valence-corrected chi connectivity index (χ2v) is 5.01. The number of rotatable bonds is 3. The summed E-state index contributed by atoms with van der Waals surface area (Å²) in [6.45, 7) is 1.88. The third-order valence-electron chi connectivity index (χ3n) is 3.61. The van der Waals surface area contributed by atoms with Crippen molar-refractivity contribution in [3.05, 3.63) is 42.5 Å². The molecule has 0 unspecified atom stereocenters. The van der Waals surface area contributed by atoms with Crippen molar-refractivity contribution in [1.29, 1.82) is 5.26 Å². The van der Waals surface area contributed by atoms with Gasteiger partial charge in [-0.25, -0.2) is 9.97 Å². The number of nitrogens with zero attached hydrogens (tertiary/aromatic N) is 5. The Labute approximate surface area is 123 Å². The molecule has 1 fully saturated rings. The number of hydrogen-bond acceptors (Lipinski definition) is 6. The standard InChI is InChI=1S/C15H16N6/c16-9-12-1-2-15(19-10-12)21-7-3-13(4-8-21)20-14-11-17-5-6-18-14/h1-2,5-6,10-11,13H,3-4,7-8H2,(H,18,20). The highest BCUT2D eigenvalue weighted by Crippen LogP contribution is 2.19. The maximum Gasteiger partial charge on any atom is 0.144 e. The largest absolute Gasteiger partial charge is 0.366 e. The zero-order valence-corrected chi connectivity index (χ0v) is 11.6. The number of piperidine rings is 1. The van der Waals surface area contributed by atoms with Crippen LogP contribution in [0.4, 0.5) is 11.6 Å². The number of pyridine rings is 1. The number of nitrogens with one attached hydrogen (secondary N) is 1. The minimum Gasteiger partial charge on any atom is -0.366 e. The summed E-state index contributed by atoms with van der Waals surface area (Å²) in [7, 11) is 0. The van der Waals surface area contributed by atoms with Gasteiger partial charge in [-0.1, -0.05) is 0 Å². The number of aromatic nitrogens is 3. The Hall–Kier alpha value is -2.68. The normalized spacial score (nSPS) is 15.5. The first-order valence-corrected chi connectivity index (χ1v) is 6.99. The van der Waals surface area contributed by atoms with Crippen LogP contribution in [-0.4, -0.2) is 34.1 Å². The van der Waals surface area contributed by atoms with Crippen molar-refractivity contribution in [2.45, 2.75) is 18.9 Å². The van der Waals surface area contributed by atoms with Gasteiger partial charge in [-0.05, 0) is 25.0 Å². The van der Waals surface area contributed by atoms with E-state index < -0.39 is 0 Å². The fraction of sp³-hybridized carbons (Fsp3) is 0.333. The third kappa shape index (κ3) is 3.26. The van der Waals surface area contributed by atoms with E-state index in [9.17, 15) is 0 Å². The first kappa shape index (κ1) is 13.3. The number of anilines is 2. The lowest BCUT2D eigenvalue weighted by Gasteiger charge is -2.33. The molecule has 106 valence electrons. The summed E-state index contributed by atoms with van der Waals surface area (Å²) in [4.78, 5) is 14.9. The van der Waals surface area contributed by atoms with Crippen molar-refractivity contribution in [2.24, 2.45) is 0 Å². The van der Waals surface area contributed by atoms with Crippen molar-refractivity contribution in [1.82, 2.24) is 15.0 Å². The molecule has 3 rings (SSSR count). The molecular weight excluding hydrogens is 264 g/mol. The van der Waals surface area contributed by atoms with E-state index in [0.717, 1.165) is 37.6 Å². The Morgan fingerprint density at radius 3 is 2.62 bits per heavy atom. The van der Waals surface area contributed by atoms with Gasteiger partial charge < -0.3 is 10.2 Å². The molecule has 0 radical (unpaired) electrons. The highest BCUT2D eigenvalue weighted by Gasteiger charge is 2.20. The Morgan fingerprint density at radius 1 is 1.14 bits per heavy atom. The van der Waals surface area contributed by atoms with Gasteiger partial charge in [0.2, 0.25) is 0 Å². The third-order valence-corrected chi connectivity index (χ3v) is 3.61. The van der Waals surface area contributed by atoms with Crippen LogP contribution in [0, 0.1) is 11.3 Å². The van der Waals surface area contributed by atoms with E-state index in [1.807, 2.05) is 12.1 Å². The van der Waals surface area contributed by atoms with Crippen LogP contribution in [0.1, 0.15) is 18.4 Å².